The summed E-state index contributed by atoms with van der Waals surface area (Å²) in [6.07, 6.45) is 3.55. The number of aromatic nitrogens is 1. The van der Waals surface area contributed by atoms with Gasteiger partial charge in [0, 0.05) is 24.8 Å². The van der Waals surface area contributed by atoms with Crippen molar-refractivity contribution in [1.82, 2.24) is 10.3 Å². The van der Waals surface area contributed by atoms with Crippen LogP contribution in [0.25, 0.3) is 0 Å². The third-order valence-electron chi connectivity index (χ3n) is 4.70. The van der Waals surface area contributed by atoms with Gasteiger partial charge in [0.1, 0.15) is 5.82 Å². The van der Waals surface area contributed by atoms with Gasteiger partial charge in [-0.2, -0.15) is 0 Å². The summed E-state index contributed by atoms with van der Waals surface area (Å²) < 4.78 is 0. The first kappa shape index (κ1) is 16.3. The normalized spacial score (nSPS) is 26.1. The fourth-order valence-electron chi connectivity index (χ4n) is 3.49. The molecule has 1 aliphatic heterocycles. The Bertz CT molecular complexity index is 434. The molecule has 21 heavy (non-hydrogen) atoms. The zero-order chi connectivity index (χ0) is 15.4. The van der Waals surface area contributed by atoms with Crippen LogP contribution in [0.3, 0.4) is 0 Å². The molecule has 0 bridgehead atoms. The highest BCUT2D eigenvalue weighted by atomic mass is 15.2. The molecule has 1 aromatic heterocycles. The Morgan fingerprint density at radius 3 is 2.71 bits per heavy atom. The topological polar surface area (TPSA) is 28.2 Å². The SMILES string of the molecule is CCCc1cc(CNC)cc(N2CC(C)CC(C)C2C)n1. The molecule has 2 heterocycles. The molecule has 3 nitrogen and oxygen atoms in total. The van der Waals surface area contributed by atoms with Gasteiger partial charge in [-0.15, -0.1) is 0 Å². The van der Waals surface area contributed by atoms with Gasteiger partial charge in [-0.25, -0.2) is 4.98 Å². The van der Waals surface area contributed by atoms with Crippen molar-refractivity contribution in [2.24, 2.45) is 11.8 Å². The number of rotatable bonds is 5. The molecule has 1 fully saturated rings. The molecule has 1 saturated heterocycles. The van der Waals surface area contributed by atoms with Gasteiger partial charge in [0.15, 0.2) is 0 Å². The fraction of sp³-hybridized carbons (Fsp3) is 0.722. The molecule has 3 heteroatoms. The molecular weight excluding hydrogens is 258 g/mol. The van der Waals surface area contributed by atoms with Crippen LogP contribution in [0.5, 0.6) is 0 Å². The predicted octanol–water partition coefficient (Wildman–Crippen LogP) is 3.62. The van der Waals surface area contributed by atoms with E-state index in [1.165, 1.54) is 23.5 Å². The molecule has 0 spiro atoms. The molecule has 0 aliphatic carbocycles. The molecule has 0 saturated carbocycles. The number of anilines is 1. The Kier molecular flexibility index (Phi) is 5.63. The molecule has 118 valence electrons. The summed E-state index contributed by atoms with van der Waals surface area (Å²) in [6, 6.07) is 5.11. The second kappa shape index (κ2) is 7.26. The van der Waals surface area contributed by atoms with Gasteiger partial charge in [-0.1, -0.05) is 27.2 Å². The molecule has 1 aliphatic rings. The minimum absolute atomic E-state index is 0.577. The number of nitrogens with one attached hydrogen (secondary N) is 1. The van der Waals surface area contributed by atoms with Gasteiger partial charge in [-0.05, 0) is 56.3 Å². The van der Waals surface area contributed by atoms with E-state index in [0.717, 1.165) is 37.8 Å². The molecular formula is C18H31N3. The Labute approximate surface area is 130 Å². The molecule has 0 amide bonds. The van der Waals surface area contributed by atoms with E-state index in [1.807, 2.05) is 7.05 Å². The highest BCUT2D eigenvalue weighted by molar-refractivity contribution is 5.44. The van der Waals surface area contributed by atoms with E-state index in [-0.39, 0.29) is 0 Å². The van der Waals surface area contributed by atoms with Crippen LogP contribution in [-0.4, -0.2) is 24.6 Å². The summed E-state index contributed by atoms with van der Waals surface area (Å²) in [5.41, 5.74) is 2.59. The van der Waals surface area contributed by atoms with Crippen molar-refractivity contribution in [3.8, 4) is 0 Å². The molecule has 0 aromatic carbocycles. The molecule has 3 unspecified atom stereocenters. The van der Waals surface area contributed by atoms with Crippen LogP contribution in [0.4, 0.5) is 5.82 Å². The highest BCUT2D eigenvalue weighted by Crippen LogP contribution is 2.31. The van der Waals surface area contributed by atoms with Crippen LogP contribution in [0, 0.1) is 11.8 Å². The molecule has 0 radical (unpaired) electrons. The number of nitrogens with zero attached hydrogens (tertiary/aromatic N) is 2. The van der Waals surface area contributed by atoms with E-state index in [1.54, 1.807) is 0 Å². The van der Waals surface area contributed by atoms with Crippen LogP contribution in [0.15, 0.2) is 12.1 Å². The minimum Gasteiger partial charge on any atom is -0.353 e. The molecule has 2 rings (SSSR count). The maximum absolute atomic E-state index is 4.95. The average Bonchev–Trinajstić information content (AvgIpc) is 2.43. The standard InChI is InChI=1S/C18H31N3/c1-6-7-17-9-16(11-19-5)10-18(20-17)21-12-13(2)8-14(3)15(21)4/h9-10,13-15,19H,6-8,11-12H2,1-5H3. The van der Waals surface area contributed by atoms with E-state index in [0.29, 0.717) is 6.04 Å². The first-order valence-corrected chi connectivity index (χ1v) is 8.46. The summed E-state index contributed by atoms with van der Waals surface area (Å²) in [5.74, 6) is 2.66. The number of aryl methyl sites for hydroxylation is 1. The van der Waals surface area contributed by atoms with Gasteiger partial charge in [0.25, 0.3) is 0 Å². The minimum atomic E-state index is 0.577. The van der Waals surface area contributed by atoms with E-state index in [2.05, 4.69) is 50.0 Å². The second-order valence-electron chi connectivity index (χ2n) is 6.82. The maximum Gasteiger partial charge on any atom is 0.129 e. The smallest absolute Gasteiger partial charge is 0.129 e. The van der Waals surface area contributed by atoms with Crippen molar-refractivity contribution in [3.05, 3.63) is 23.4 Å². The number of hydrogen-bond acceptors (Lipinski definition) is 3. The lowest BCUT2D eigenvalue weighted by atomic mass is 9.86. The van der Waals surface area contributed by atoms with Crippen LogP contribution in [0.2, 0.25) is 0 Å². The lowest BCUT2D eigenvalue weighted by Crippen LogP contribution is -2.46. The molecule has 1 aromatic rings. The first-order chi connectivity index (χ1) is 10.0. The van der Waals surface area contributed by atoms with E-state index in [4.69, 9.17) is 4.98 Å². The largest absolute Gasteiger partial charge is 0.353 e. The van der Waals surface area contributed by atoms with Crippen LogP contribution >= 0.6 is 0 Å². The Morgan fingerprint density at radius 1 is 1.29 bits per heavy atom. The summed E-state index contributed by atoms with van der Waals surface area (Å²) in [4.78, 5) is 7.47. The fourth-order valence-corrected chi connectivity index (χ4v) is 3.49. The second-order valence-corrected chi connectivity index (χ2v) is 6.82. The lowest BCUT2D eigenvalue weighted by molar-refractivity contribution is 0.295. The predicted molar refractivity (Wildman–Crippen MR) is 90.7 cm³/mol. The number of piperidine rings is 1. The van der Waals surface area contributed by atoms with Gasteiger partial charge in [-0.3, -0.25) is 0 Å². The van der Waals surface area contributed by atoms with Crippen molar-refractivity contribution in [3.63, 3.8) is 0 Å². The van der Waals surface area contributed by atoms with Gasteiger partial charge in [0.05, 0.1) is 0 Å². The van der Waals surface area contributed by atoms with Crippen molar-refractivity contribution in [2.45, 2.75) is 59.5 Å². The average molecular weight is 289 g/mol. The number of hydrogen-bond donors (Lipinski definition) is 1. The monoisotopic (exact) mass is 289 g/mol. The lowest BCUT2D eigenvalue weighted by Gasteiger charge is -2.42. The van der Waals surface area contributed by atoms with Crippen LogP contribution < -0.4 is 10.2 Å². The van der Waals surface area contributed by atoms with Crippen molar-refractivity contribution in [2.75, 3.05) is 18.5 Å². The molecule has 1 N–H and O–H groups in total. The third-order valence-corrected chi connectivity index (χ3v) is 4.70. The van der Waals surface area contributed by atoms with Crippen LogP contribution in [0.1, 0.15) is 51.8 Å². The molecule has 3 atom stereocenters. The zero-order valence-corrected chi connectivity index (χ0v) is 14.3. The Hall–Kier alpha value is -1.09. The summed E-state index contributed by atoms with van der Waals surface area (Å²) >= 11 is 0. The van der Waals surface area contributed by atoms with Gasteiger partial charge >= 0.3 is 0 Å². The quantitative estimate of drug-likeness (QED) is 0.897. The zero-order valence-electron chi connectivity index (χ0n) is 14.3. The van der Waals surface area contributed by atoms with Crippen molar-refractivity contribution < 1.29 is 0 Å². The third kappa shape index (κ3) is 3.97. The van der Waals surface area contributed by atoms with Gasteiger partial charge in [0.2, 0.25) is 0 Å². The van der Waals surface area contributed by atoms with Crippen LogP contribution in [-0.2, 0) is 13.0 Å². The Balaban J connectivity index is 2.31. The maximum atomic E-state index is 4.95. The van der Waals surface area contributed by atoms with Crippen molar-refractivity contribution >= 4 is 5.82 Å². The highest BCUT2D eigenvalue weighted by Gasteiger charge is 2.29. The summed E-state index contributed by atoms with van der Waals surface area (Å²) in [7, 11) is 2.01. The first-order valence-electron chi connectivity index (χ1n) is 8.46. The van der Waals surface area contributed by atoms with E-state index < -0.39 is 0 Å². The van der Waals surface area contributed by atoms with Gasteiger partial charge < -0.3 is 10.2 Å². The summed E-state index contributed by atoms with van der Waals surface area (Å²) in [5, 5.41) is 3.27. The number of pyridine rings is 1. The summed E-state index contributed by atoms with van der Waals surface area (Å²) in [6.45, 7) is 11.4. The van der Waals surface area contributed by atoms with Crippen molar-refractivity contribution in [1.29, 1.82) is 0 Å². The van der Waals surface area contributed by atoms with E-state index in [9.17, 15) is 0 Å². The Morgan fingerprint density at radius 2 is 2.05 bits per heavy atom. The van der Waals surface area contributed by atoms with E-state index >= 15 is 0 Å².